The molecule has 0 bridgehead atoms. The molecule has 1 aliphatic heterocycles. The Morgan fingerprint density at radius 3 is 2.75 bits per heavy atom. The summed E-state index contributed by atoms with van der Waals surface area (Å²) in [5, 5.41) is 3.72. The summed E-state index contributed by atoms with van der Waals surface area (Å²) in [4.78, 5) is 14.3. The molecular formula is C22H27ClN2O3. The molecule has 28 heavy (non-hydrogen) atoms. The second-order valence-electron chi connectivity index (χ2n) is 7.98. The van der Waals surface area contributed by atoms with Crippen LogP contribution in [0.3, 0.4) is 0 Å². The molecule has 0 spiro atoms. The molecule has 0 unspecified atom stereocenters. The number of hydrogen-bond acceptors (Lipinski definition) is 3. The van der Waals surface area contributed by atoms with Crippen molar-refractivity contribution in [3.63, 3.8) is 0 Å². The Hall–Kier alpha value is -2.24. The van der Waals surface area contributed by atoms with Crippen molar-refractivity contribution in [3.8, 4) is 5.75 Å². The monoisotopic (exact) mass is 402 g/mol. The highest BCUT2D eigenvalue weighted by Gasteiger charge is 2.23. The van der Waals surface area contributed by atoms with Crippen molar-refractivity contribution < 1.29 is 14.3 Å². The lowest BCUT2D eigenvalue weighted by Gasteiger charge is -2.27. The number of rotatable bonds is 4. The molecule has 0 aromatic heterocycles. The number of carbonyl (C=O) groups is 1. The van der Waals surface area contributed by atoms with E-state index < -0.39 is 0 Å². The average molecular weight is 403 g/mol. The molecule has 0 fully saturated rings. The number of fused-ring (bicyclic) bond motifs is 1. The van der Waals surface area contributed by atoms with E-state index in [4.69, 9.17) is 21.1 Å². The lowest BCUT2D eigenvalue weighted by molar-refractivity contribution is 0.107. The van der Waals surface area contributed by atoms with Gasteiger partial charge in [0.1, 0.15) is 12.4 Å². The van der Waals surface area contributed by atoms with Crippen LogP contribution in [0, 0.1) is 0 Å². The minimum absolute atomic E-state index is 0.0793. The molecule has 0 radical (unpaired) electrons. The van der Waals surface area contributed by atoms with Crippen LogP contribution in [0.25, 0.3) is 0 Å². The van der Waals surface area contributed by atoms with Gasteiger partial charge in [-0.15, -0.1) is 0 Å². The summed E-state index contributed by atoms with van der Waals surface area (Å²) in [6.45, 7) is 8.38. The van der Waals surface area contributed by atoms with E-state index >= 15 is 0 Å². The van der Waals surface area contributed by atoms with Gasteiger partial charge in [0.05, 0.1) is 26.3 Å². The molecule has 5 nitrogen and oxygen atoms in total. The predicted molar refractivity (Wildman–Crippen MR) is 111 cm³/mol. The second-order valence-corrected chi connectivity index (χ2v) is 8.38. The summed E-state index contributed by atoms with van der Waals surface area (Å²) in [6.07, 6.45) is 0. The molecule has 2 amide bonds. The Labute approximate surface area is 171 Å². The van der Waals surface area contributed by atoms with Crippen molar-refractivity contribution in [2.24, 2.45) is 0 Å². The molecule has 1 heterocycles. The Kier molecular flexibility index (Phi) is 6.47. The third-order valence-electron chi connectivity index (χ3n) is 4.36. The van der Waals surface area contributed by atoms with E-state index in [1.165, 1.54) is 0 Å². The highest BCUT2D eigenvalue weighted by Crippen LogP contribution is 2.25. The standard InChI is InChI=1S/C22H27ClN2O3/c1-22(2,3)24-21(26)25-10-11-28-20-9-8-16(12-18(20)13-25)14-27-15-17-6-4-5-7-19(17)23/h4-9,12H,10-11,13-15H2,1-3H3,(H,24,26). The van der Waals surface area contributed by atoms with Gasteiger partial charge in [0.25, 0.3) is 0 Å². The first-order valence-electron chi connectivity index (χ1n) is 9.45. The zero-order valence-corrected chi connectivity index (χ0v) is 17.4. The summed E-state index contributed by atoms with van der Waals surface area (Å²) in [5.41, 5.74) is 2.71. The van der Waals surface area contributed by atoms with Crippen LogP contribution in [0.2, 0.25) is 5.02 Å². The summed E-state index contributed by atoms with van der Waals surface area (Å²) in [6, 6.07) is 13.6. The molecule has 0 atom stereocenters. The molecule has 6 heteroatoms. The van der Waals surface area contributed by atoms with Crippen LogP contribution in [-0.2, 0) is 24.5 Å². The number of hydrogen-bond donors (Lipinski definition) is 1. The van der Waals surface area contributed by atoms with Gasteiger partial charge < -0.3 is 19.7 Å². The van der Waals surface area contributed by atoms with Gasteiger partial charge in [0, 0.05) is 16.1 Å². The van der Waals surface area contributed by atoms with E-state index in [1.54, 1.807) is 4.90 Å². The number of amides is 2. The van der Waals surface area contributed by atoms with Crippen LogP contribution < -0.4 is 10.1 Å². The Morgan fingerprint density at radius 1 is 1.21 bits per heavy atom. The van der Waals surface area contributed by atoms with Crippen molar-refractivity contribution >= 4 is 17.6 Å². The summed E-state index contributed by atoms with van der Waals surface area (Å²) in [7, 11) is 0. The van der Waals surface area contributed by atoms with E-state index in [0.717, 1.165) is 22.4 Å². The summed E-state index contributed by atoms with van der Waals surface area (Å²) < 4.78 is 11.7. The number of carbonyl (C=O) groups excluding carboxylic acids is 1. The molecular weight excluding hydrogens is 376 g/mol. The highest BCUT2D eigenvalue weighted by atomic mass is 35.5. The SMILES string of the molecule is CC(C)(C)NC(=O)N1CCOc2ccc(COCc3ccccc3Cl)cc2C1. The van der Waals surface area contributed by atoms with E-state index in [0.29, 0.717) is 37.9 Å². The first kappa shape index (κ1) is 20.5. The minimum atomic E-state index is -0.276. The maximum absolute atomic E-state index is 12.5. The fourth-order valence-electron chi connectivity index (χ4n) is 3.00. The molecule has 0 saturated carbocycles. The molecule has 1 N–H and O–H groups in total. The number of halogens is 1. The topological polar surface area (TPSA) is 50.8 Å². The van der Waals surface area contributed by atoms with Gasteiger partial charge in [-0.3, -0.25) is 0 Å². The van der Waals surface area contributed by atoms with Crippen LogP contribution in [0.15, 0.2) is 42.5 Å². The Balaban J connectivity index is 1.64. The number of benzene rings is 2. The van der Waals surface area contributed by atoms with Gasteiger partial charge in [-0.1, -0.05) is 35.9 Å². The Morgan fingerprint density at radius 2 is 2.00 bits per heavy atom. The molecule has 150 valence electrons. The molecule has 3 rings (SSSR count). The normalized spacial score (nSPS) is 14.1. The highest BCUT2D eigenvalue weighted by molar-refractivity contribution is 6.31. The van der Waals surface area contributed by atoms with Gasteiger partial charge in [-0.25, -0.2) is 4.79 Å². The third-order valence-corrected chi connectivity index (χ3v) is 4.73. The average Bonchev–Trinajstić information content (AvgIpc) is 2.84. The van der Waals surface area contributed by atoms with Crippen molar-refractivity contribution in [2.45, 2.75) is 46.1 Å². The minimum Gasteiger partial charge on any atom is -0.491 e. The number of nitrogens with zero attached hydrogens (tertiary/aromatic N) is 1. The van der Waals surface area contributed by atoms with Crippen LogP contribution in [0.4, 0.5) is 4.79 Å². The van der Waals surface area contributed by atoms with Crippen LogP contribution in [0.1, 0.15) is 37.5 Å². The maximum Gasteiger partial charge on any atom is 0.318 e. The van der Waals surface area contributed by atoms with Crippen molar-refractivity contribution in [1.29, 1.82) is 0 Å². The van der Waals surface area contributed by atoms with Crippen LogP contribution in [0.5, 0.6) is 5.75 Å². The van der Waals surface area contributed by atoms with E-state index in [1.807, 2.05) is 63.2 Å². The smallest absolute Gasteiger partial charge is 0.318 e. The summed E-state index contributed by atoms with van der Waals surface area (Å²) in [5.74, 6) is 0.820. The first-order chi connectivity index (χ1) is 13.3. The van der Waals surface area contributed by atoms with Gasteiger partial charge in [-0.2, -0.15) is 0 Å². The third kappa shape index (κ3) is 5.63. The van der Waals surface area contributed by atoms with Gasteiger partial charge in [0.2, 0.25) is 0 Å². The number of nitrogens with one attached hydrogen (secondary N) is 1. The fraction of sp³-hybridized carbons (Fsp3) is 0.409. The molecule has 0 saturated heterocycles. The van der Waals surface area contributed by atoms with Crippen molar-refractivity contribution in [1.82, 2.24) is 10.2 Å². The summed E-state index contributed by atoms with van der Waals surface area (Å²) >= 11 is 6.17. The van der Waals surface area contributed by atoms with E-state index in [2.05, 4.69) is 5.32 Å². The Bertz CT molecular complexity index is 833. The lowest BCUT2D eigenvalue weighted by atomic mass is 10.1. The number of urea groups is 1. The molecule has 0 aliphatic carbocycles. The zero-order valence-electron chi connectivity index (χ0n) is 16.6. The van der Waals surface area contributed by atoms with Gasteiger partial charge in [-0.05, 0) is 50.1 Å². The molecule has 1 aliphatic rings. The van der Waals surface area contributed by atoms with Crippen LogP contribution in [-0.4, -0.2) is 29.6 Å². The lowest BCUT2D eigenvalue weighted by Crippen LogP contribution is -2.48. The molecule has 2 aromatic carbocycles. The van der Waals surface area contributed by atoms with Crippen LogP contribution >= 0.6 is 11.6 Å². The van der Waals surface area contributed by atoms with E-state index in [-0.39, 0.29) is 11.6 Å². The quantitative estimate of drug-likeness (QED) is 0.802. The van der Waals surface area contributed by atoms with Gasteiger partial charge >= 0.3 is 6.03 Å². The van der Waals surface area contributed by atoms with E-state index in [9.17, 15) is 4.79 Å². The zero-order chi connectivity index (χ0) is 20.1. The second kappa shape index (κ2) is 8.84. The fourth-order valence-corrected chi connectivity index (χ4v) is 3.20. The van der Waals surface area contributed by atoms with Gasteiger partial charge in [0.15, 0.2) is 0 Å². The largest absolute Gasteiger partial charge is 0.491 e. The van der Waals surface area contributed by atoms with Crippen molar-refractivity contribution in [3.05, 3.63) is 64.2 Å². The number of ether oxygens (including phenoxy) is 2. The first-order valence-corrected chi connectivity index (χ1v) is 9.82. The predicted octanol–water partition coefficient (Wildman–Crippen LogP) is 4.76. The molecule has 2 aromatic rings. The maximum atomic E-state index is 12.5. The van der Waals surface area contributed by atoms with Crippen molar-refractivity contribution in [2.75, 3.05) is 13.2 Å².